The van der Waals surface area contributed by atoms with E-state index in [1.54, 1.807) is 18.2 Å². The molecule has 0 spiro atoms. The average molecular weight is 475 g/mol. The van der Waals surface area contributed by atoms with E-state index in [0.717, 1.165) is 35.4 Å². The summed E-state index contributed by atoms with van der Waals surface area (Å²) in [5.41, 5.74) is 5.27. The van der Waals surface area contributed by atoms with E-state index in [1.807, 2.05) is 25.1 Å². The van der Waals surface area contributed by atoms with Crippen molar-refractivity contribution in [2.45, 2.75) is 58.9 Å². The highest BCUT2D eigenvalue weighted by atomic mass is 16.2. The van der Waals surface area contributed by atoms with Gasteiger partial charge in [-0.15, -0.1) is 0 Å². The first-order valence-corrected chi connectivity index (χ1v) is 12.2. The maximum atomic E-state index is 12.9. The Hall–Kier alpha value is -3.61. The van der Waals surface area contributed by atoms with Crippen LogP contribution in [0.3, 0.4) is 0 Å². The van der Waals surface area contributed by atoms with Crippen molar-refractivity contribution in [2.24, 2.45) is 0 Å². The second-order valence-corrected chi connectivity index (χ2v) is 10.2. The zero-order chi connectivity index (χ0) is 25.3. The molecule has 184 valence electrons. The summed E-state index contributed by atoms with van der Waals surface area (Å²) < 4.78 is 0. The van der Waals surface area contributed by atoms with Crippen molar-refractivity contribution < 1.29 is 14.4 Å². The number of amides is 4. The summed E-state index contributed by atoms with van der Waals surface area (Å²) in [5, 5.41) is 5.35. The number of rotatable bonds is 6. The highest BCUT2D eigenvalue weighted by molar-refractivity contribution is 6.16. The lowest BCUT2D eigenvalue weighted by Crippen LogP contribution is -2.48. The summed E-state index contributed by atoms with van der Waals surface area (Å²) in [7, 11) is 0. The van der Waals surface area contributed by atoms with Crippen LogP contribution in [-0.4, -0.2) is 41.4 Å². The minimum absolute atomic E-state index is 0.0808. The maximum Gasteiger partial charge on any atom is 0.329 e. The van der Waals surface area contributed by atoms with Crippen molar-refractivity contribution in [1.29, 1.82) is 0 Å². The van der Waals surface area contributed by atoms with E-state index in [1.165, 1.54) is 11.3 Å². The number of nitrogens with one attached hydrogen (secondary N) is 2. The van der Waals surface area contributed by atoms with Gasteiger partial charge in [-0.2, -0.15) is 0 Å². The summed E-state index contributed by atoms with van der Waals surface area (Å²) in [6.45, 7) is 11.6. The van der Waals surface area contributed by atoms with Gasteiger partial charge in [0.1, 0.15) is 12.2 Å². The molecule has 2 aliphatic heterocycles. The number of fused-ring (bicyclic) bond motifs is 1. The Morgan fingerprint density at radius 2 is 1.89 bits per heavy atom. The molecule has 7 heteroatoms. The summed E-state index contributed by atoms with van der Waals surface area (Å²) in [4.78, 5) is 41.2. The van der Waals surface area contributed by atoms with Crippen LogP contribution < -0.4 is 15.5 Å². The van der Waals surface area contributed by atoms with E-state index in [2.05, 4.69) is 55.4 Å². The summed E-state index contributed by atoms with van der Waals surface area (Å²) in [6, 6.07) is 12.9. The SMILES string of the molecule is CCCN1c2ccc(/C=C3/NC(=O)N(CC(=O)Nc4ccc(C)cc4)C3=O)cc2C(C)CC1(C)C. The van der Waals surface area contributed by atoms with Gasteiger partial charge in [0, 0.05) is 23.5 Å². The van der Waals surface area contributed by atoms with Gasteiger partial charge in [0.05, 0.1) is 0 Å². The fourth-order valence-corrected chi connectivity index (χ4v) is 5.11. The molecule has 0 aromatic heterocycles. The molecular weight excluding hydrogens is 440 g/mol. The highest BCUT2D eigenvalue weighted by Gasteiger charge is 2.37. The van der Waals surface area contributed by atoms with Gasteiger partial charge in [0.25, 0.3) is 5.91 Å². The third kappa shape index (κ3) is 5.09. The number of benzene rings is 2. The van der Waals surface area contributed by atoms with Crippen LogP contribution in [0.5, 0.6) is 0 Å². The second-order valence-electron chi connectivity index (χ2n) is 10.2. The Balaban J connectivity index is 1.51. The minimum atomic E-state index is -0.595. The number of aryl methyl sites for hydroxylation is 1. The van der Waals surface area contributed by atoms with Crippen LogP contribution in [0.15, 0.2) is 48.2 Å². The molecule has 1 unspecified atom stereocenters. The van der Waals surface area contributed by atoms with Crippen LogP contribution in [0, 0.1) is 6.92 Å². The molecular formula is C28H34N4O3. The first kappa shape index (κ1) is 24.5. The van der Waals surface area contributed by atoms with E-state index in [0.29, 0.717) is 11.6 Å². The van der Waals surface area contributed by atoms with Crippen LogP contribution in [-0.2, 0) is 9.59 Å². The number of carbonyl (C=O) groups excluding carboxylic acids is 3. The number of imide groups is 1. The molecule has 2 aliphatic rings. The smallest absolute Gasteiger partial charge is 0.329 e. The Morgan fingerprint density at radius 3 is 2.57 bits per heavy atom. The van der Waals surface area contributed by atoms with Gasteiger partial charge in [-0.05, 0) is 81.0 Å². The second kappa shape index (κ2) is 9.56. The summed E-state index contributed by atoms with van der Waals surface area (Å²) in [5.74, 6) is -0.560. The van der Waals surface area contributed by atoms with Crippen LogP contribution in [0.4, 0.5) is 16.2 Å². The number of hydrogen-bond donors (Lipinski definition) is 2. The minimum Gasteiger partial charge on any atom is -0.366 e. The molecule has 0 saturated carbocycles. The standard InChI is InChI=1S/C28H34N4O3/c1-6-13-32-24-12-9-20(14-22(24)19(3)16-28(32,4)5)15-23-26(34)31(27(35)30-23)17-25(33)29-21-10-7-18(2)8-11-21/h7-12,14-15,19H,6,13,16-17H2,1-5H3,(H,29,33)(H,30,35)/b23-15+. The van der Waals surface area contributed by atoms with E-state index in [4.69, 9.17) is 0 Å². The van der Waals surface area contributed by atoms with Crippen molar-refractivity contribution in [1.82, 2.24) is 10.2 Å². The Bertz CT molecular complexity index is 1180. The Kier molecular flexibility index (Phi) is 6.70. The molecule has 2 N–H and O–H groups in total. The fraction of sp³-hybridized carbons (Fsp3) is 0.393. The number of urea groups is 1. The van der Waals surface area contributed by atoms with Crippen molar-refractivity contribution in [3.63, 3.8) is 0 Å². The van der Waals surface area contributed by atoms with E-state index in [-0.39, 0.29) is 17.8 Å². The Labute approximate surface area is 207 Å². The fourth-order valence-electron chi connectivity index (χ4n) is 5.11. The molecule has 0 radical (unpaired) electrons. The quantitative estimate of drug-likeness (QED) is 0.455. The monoisotopic (exact) mass is 474 g/mol. The molecule has 2 heterocycles. The number of anilines is 2. The van der Waals surface area contributed by atoms with Gasteiger partial charge in [-0.1, -0.05) is 37.6 Å². The molecule has 2 aromatic carbocycles. The van der Waals surface area contributed by atoms with Crippen LogP contribution in [0.1, 0.15) is 63.1 Å². The molecule has 1 atom stereocenters. The lowest BCUT2D eigenvalue weighted by atomic mass is 9.79. The number of hydrogen-bond acceptors (Lipinski definition) is 4. The molecule has 1 fully saturated rings. The molecule has 35 heavy (non-hydrogen) atoms. The third-order valence-electron chi connectivity index (χ3n) is 6.77. The highest BCUT2D eigenvalue weighted by Crippen LogP contribution is 2.43. The summed E-state index contributed by atoms with van der Waals surface area (Å²) >= 11 is 0. The average Bonchev–Trinajstić information content (AvgIpc) is 3.05. The zero-order valence-corrected chi connectivity index (χ0v) is 21.1. The maximum absolute atomic E-state index is 12.9. The van der Waals surface area contributed by atoms with Crippen molar-refractivity contribution in [3.8, 4) is 0 Å². The molecule has 4 rings (SSSR count). The normalized spacial score (nSPS) is 20.1. The molecule has 0 bridgehead atoms. The van der Waals surface area contributed by atoms with Gasteiger partial charge >= 0.3 is 6.03 Å². The van der Waals surface area contributed by atoms with Gasteiger partial charge in [0.2, 0.25) is 5.91 Å². The van der Waals surface area contributed by atoms with Gasteiger partial charge in [-0.3, -0.25) is 9.59 Å². The van der Waals surface area contributed by atoms with Crippen LogP contribution in [0.2, 0.25) is 0 Å². The zero-order valence-electron chi connectivity index (χ0n) is 21.1. The topological polar surface area (TPSA) is 81.8 Å². The van der Waals surface area contributed by atoms with Gasteiger partial charge in [0.15, 0.2) is 0 Å². The lowest BCUT2D eigenvalue weighted by Gasteiger charge is -2.47. The predicted octanol–water partition coefficient (Wildman–Crippen LogP) is 5.03. The molecule has 1 saturated heterocycles. The molecule has 2 aromatic rings. The van der Waals surface area contributed by atoms with Crippen molar-refractivity contribution >= 4 is 35.3 Å². The number of nitrogens with zero attached hydrogens (tertiary/aromatic N) is 2. The predicted molar refractivity (Wildman–Crippen MR) is 139 cm³/mol. The molecule has 4 amide bonds. The third-order valence-corrected chi connectivity index (χ3v) is 6.77. The Morgan fingerprint density at radius 1 is 1.17 bits per heavy atom. The first-order valence-electron chi connectivity index (χ1n) is 12.2. The largest absolute Gasteiger partial charge is 0.366 e. The summed E-state index contributed by atoms with van der Waals surface area (Å²) in [6.07, 6.45) is 3.80. The van der Waals surface area contributed by atoms with Crippen molar-refractivity contribution in [2.75, 3.05) is 23.3 Å². The van der Waals surface area contributed by atoms with Gasteiger partial charge in [-0.25, -0.2) is 9.69 Å². The lowest BCUT2D eigenvalue weighted by molar-refractivity contribution is -0.127. The van der Waals surface area contributed by atoms with Crippen LogP contribution in [0.25, 0.3) is 6.08 Å². The van der Waals surface area contributed by atoms with Crippen molar-refractivity contribution in [3.05, 3.63) is 64.9 Å². The molecule has 0 aliphatic carbocycles. The van der Waals surface area contributed by atoms with E-state index >= 15 is 0 Å². The van der Waals surface area contributed by atoms with Crippen LogP contribution >= 0.6 is 0 Å². The molecule has 7 nitrogen and oxygen atoms in total. The number of carbonyl (C=O) groups is 3. The van der Waals surface area contributed by atoms with E-state index in [9.17, 15) is 14.4 Å². The van der Waals surface area contributed by atoms with Gasteiger partial charge < -0.3 is 15.5 Å². The van der Waals surface area contributed by atoms with E-state index < -0.39 is 17.8 Å². The first-order chi connectivity index (χ1) is 16.6.